The Bertz CT molecular complexity index is 1060. The molecule has 1 amide bonds. The van der Waals surface area contributed by atoms with Gasteiger partial charge in [0.25, 0.3) is 0 Å². The molecule has 154 valence electrons. The first-order valence-corrected chi connectivity index (χ1v) is 10.2. The number of pyridine rings is 2. The highest BCUT2D eigenvalue weighted by atomic mass is 16.2. The Morgan fingerprint density at radius 1 is 1.27 bits per heavy atom. The second-order valence-corrected chi connectivity index (χ2v) is 7.67. The SMILES string of the molecule is Cc1cccc(Nc2cc([C@@H]3CCCN(C(=O)/C=C/c4cnn(C)c4)C3)ccn2)n1. The van der Waals surface area contributed by atoms with Gasteiger partial charge in [-0.25, -0.2) is 9.97 Å². The lowest BCUT2D eigenvalue weighted by atomic mass is 9.91. The van der Waals surface area contributed by atoms with E-state index in [1.165, 1.54) is 5.56 Å². The van der Waals surface area contributed by atoms with E-state index >= 15 is 0 Å². The van der Waals surface area contributed by atoms with E-state index in [1.54, 1.807) is 17.0 Å². The summed E-state index contributed by atoms with van der Waals surface area (Å²) < 4.78 is 1.72. The van der Waals surface area contributed by atoms with Crippen molar-refractivity contribution in [2.75, 3.05) is 18.4 Å². The molecule has 0 aliphatic carbocycles. The van der Waals surface area contributed by atoms with Crippen LogP contribution in [0.3, 0.4) is 0 Å². The highest BCUT2D eigenvalue weighted by Gasteiger charge is 2.24. The monoisotopic (exact) mass is 402 g/mol. The van der Waals surface area contributed by atoms with Crippen molar-refractivity contribution in [2.24, 2.45) is 7.05 Å². The maximum Gasteiger partial charge on any atom is 0.246 e. The van der Waals surface area contributed by atoms with E-state index in [0.29, 0.717) is 12.5 Å². The van der Waals surface area contributed by atoms with Crippen LogP contribution >= 0.6 is 0 Å². The zero-order chi connectivity index (χ0) is 20.9. The average molecular weight is 403 g/mol. The van der Waals surface area contributed by atoms with Crippen LogP contribution in [0.5, 0.6) is 0 Å². The minimum atomic E-state index is 0.0416. The molecule has 1 aliphatic heterocycles. The molecule has 0 unspecified atom stereocenters. The maximum absolute atomic E-state index is 12.7. The maximum atomic E-state index is 12.7. The molecule has 0 spiro atoms. The Morgan fingerprint density at radius 2 is 2.17 bits per heavy atom. The lowest BCUT2D eigenvalue weighted by molar-refractivity contribution is -0.127. The third-order valence-electron chi connectivity index (χ3n) is 5.28. The van der Waals surface area contributed by atoms with Crippen molar-refractivity contribution in [3.8, 4) is 0 Å². The summed E-state index contributed by atoms with van der Waals surface area (Å²) >= 11 is 0. The lowest BCUT2D eigenvalue weighted by Gasteiger charge is -2.32. The van der Waals surface area contributed by atoms with Crippen molar-refractivity contribution in [1.29, 1.82) is 0 Å². The summed E-state index contributed by atoms with van der Waals surface area (Å²) in [6, 6.07) is 9.97. The number of rotatable bonds is 5. The number of hydrogen-bond donors (Lipinski definition) is 1. The third-order valence-corrected chi connectivity index (χ3v) is 5.28. The van der Waals surface area contributed by atoms with Crippen LogP contribution in [0.15, 0.2) is 55.0 Å². The number of hydrogen-bond acceptors (Lipinski definition) is 5. The van der Waals surface area contributed by atoms with Crippen molar-refractivity contribution in [1.82, 2.24) is 24.6 Å². The molecule has 1 aliphatic rings. The molecule has 1 N–H and O–H groups in total. The fourth-order valence-electron chi connectivity index (χ4n) is 3.76. The Morgan fingerprint density at radius 3 is 2.97 bits per heavy atom. The van der Waals surface area contributed by atoms with Gasteiger partial charge in [0.1, 0.15) is 11.6 Å². The molecule has 0 radical (unpaired) electrons. The van der Waals surface area contributed by atoms with Gasteiger partial charge in [0.2, 0.25) is 5.91 Å². The van der Waals surface area contributed by atoms with E-state index in [2.05, 4.69) is 26.4 Å². The van der Waals surface area contributed by atoms with Gasteiger partial charge in [0.05, 0.1) is 6.20 Å². The van der Waals surface area contributed by atoms with Crippen LogP contribution in [0.25, 0.3) is 6.08 Å². The summed E-state index contributed by atoms with van der Waals surface area (Å²) in [5, 5.41) is 7.40. The molecular formula is C23H26N6O. The van der Waals surface area contributed by atoms with Gasteiger partial charge in [-0.15, -0.1) is 0 Å². The summed E-state index contributed by atoms with van der Waals surface area (Å²) in [4.78, 5) is 23.5. The molecule has 7 heteroatoms. The van der Waals surface area contributed by atoms with Crippen LogP contribution in [0.2, 0.25) is 0 Å². The van der Waals surface area contributed by atoms with Crippen molar-refractivity contribution in [3.63, 3.8) is 0 Å². The molecule has 1 saturated heterocycles. The van der Waals surface area contributed by atoms with Gasteiger partial charge in [0, 0.05) is 55.8 Å². The number of anilines is 2. The van der Waals surface area contributed by atoms with Gasteiger partial charge in [-0.05, 0) is 55.7 Å². The standard InChI is InChI=1S/C23H26N6O/c1-17-5-3-7-21(26-17)27-22-13-19(10-11-24-22)20-6-4-12-29(16-20)23(30)9-8-18-14-25-28(2)15-18/h3,5,7-11,13-15,20H,4,6,12,16H2,1-2H3,(H,24,26,27)/b9-8+/t20-/m1/s1. The van der Waals surface area contributed by atoms with Crippen molar-refractivity contribution >= 4 is 23.6 Å². The lowest BCUT2D eigenvalue weighted by Crippen LogP contribution is -2.38. The third kappa shape index (κ3) is 4.92. The first-order valence-electron chi connectivity index (χ1n) is 10.2. The number of carbonyl (C=O) groups is 1. The first kappa shape index (κ1) is 19.8. The van der Waals surface area contributed by atoms with Crippen LogP contribution in [-0.4, -0.2) is 43.6 Å². The van der Waals surface area contributed by atoms with Crippen LogP contribution < -0.4 is 5.32 Å². The number of nitrogens with one attached hydrogen (secondary N) is 1. The minimum absolute atomic E-state index is 0.0416. The topological polar surface area (TPSA) is 75.9 Å². The molecule has 4 heterocycles. The number of nitrogens with zero attached hydrogens (tertiary/aromatic N) is 5. The largest absolute Gasteiger partial charge is 0.339 e. The first-order chi connectivity index (χ1) is 14.6. The summed E-state index contributed by atoms with van der Waals surface area (Å²) in [5.74, 6) is 1.88. The molecule has 0 bridgehead atoms. The van der Waals surface area contributed by atoms with E-state index in [4.69, 9.17) is 0 Å². The van der Waals surface area contributed by atoms with Gasteiger partial charge in [-0.1, -0.05) is 6.07 Å². The van der Waals surface area contributed by atoms with Gasteiger partial charge < -0.3 is 10.2 Å². The Kier molecular flexibility index (Phi) is 5.88. The van der Waals surface area contributed by atoms with E-state index in [9.17, 15) is 4.79 Å². The number of aryl methyl sites for hydroxylation is 2. The van der Waals surface area contributed by atoms with E-state index in [1.807, 2.05) is 61.6 Å². The Hall–Kier alpha value is -3.48. The normalized spacial score (nSPS) is 16.7. The molecule has 0 aromatic carbocycles. The second-order valence-electron chi connectivity index (χ2n) is 7.67. The predicted octanol–water partition coefficient (Wildman–Crippen LogP) is 3.68. The summed E-state index contributed by atoms with van der Waals surface area (Å²) in [5.41, 5.74) is 3.07. The highest BCUT2D eigenvalue weighted by Crippen LogP contribution is 2.28. The molecular weight excluding hydrogens is 376 g/mol. The number of likely N-dealkylation sites (tertiary alicyclic amines) is 1. The van der Waals surface area contributed by atoms with Crippen LogP contribution in [0.1, 0.15) is 35.6 Å². The molecule has 3 aromatic heterocycles. The average Bonchev–Trinajstić information content (AvgIpc) is 3.17. The van der Waals surface area contributed by atoms with Crippen molar-refractivity contribution in [2.45, 2.75) is 25.7 Å². The van der Waals surface area contributed by atoms with Gasteiger partial charge in [0.15, 0.2) is 0 Å². The predicted molar refractivity (Wildman–Crippen MR) is 117 cm³/mol. The molecule has 7 nitrogen and oxygen atoms in total. The second kappa shape index (κ2) is 8.90. The number of amides is 1. The zero-order valence-electron chi connectivity index (χ0n) is 17.3. The molecule has 30 heavy (non-hydrogen) atoms. The highest BCUT2D eigenvalue weighted by molar-refractivity contribution is 5.91. The Balaban J connectivity index is 1.42. The summed E-state index contributed by atoms with van der Waals surface area (Å²) in [6.45, 7) is 3.46. The molecule has 3 aromatic rings. The van der Waals surface area contributed by atoms with Crippen LogP contribution in [0, 0.1) is 6.92 Å². The fraction of sp³-hybridized carbons (Fsp3) is 0.304. The van der Waals surface area contributed by atoms with Crippen LogP contribution in [0.4, 0.5) is 11.6 Å². The molecule has 1 fully saturated rings. The van der Waals surface area contributed by atoms with Gasteiger partial charge >= 0.3 is 0 Å². The zero-order valence-corrected chi connectivity index (χ0v) is 17.3. The quantitative estimate of drug-likeness (QED) is 0.659. The molecule has 0 saturated carbocycles. The molecule has 1 atom stereocenters. The number of carbonyl (C=O) groups excluding carboxylic acids is 1. The minimum Gasteiger partial charge on any atom is -0.339 e. The summed E-state index contributed by atoms with van der Waals surface area (Å²) in [7, 11) is 1.86. The smallest absolute Gasteiger partial charge is 0.246 e. The molecule has 4 rings (SSSR count). The summed E-state index contributed by atoms with van der Waals surface area (Å²) in [6.07, 6.45) is 11.0. The van der Waals surface area contributed by atoms with Gasteiger partial charge in [-0.3, -0.25) is 9.48 Å². The van der Waals surface area contributed by atoms with Crippen molar-refractivity contribution < 1.29 is 4.79 Å². The van der Waals surface area contributed by atoms with E-state index < -0.39 is 0 Å². The van der Waals surface area contributed by atoms with Crippen molar-refractivity contribution in [3.05, 3.63) is 71.8 Å². The van der Waals surface area contributed by atoms with Crippen LogP contribution in [-0.2, 0) is 11.8 Å². The Labute approximate surface area is 176 Å². The fourth-order valence-corrected chi connectivity index (χ4v) is 3.76. The number of aromatic nitrogens is 4. The van der Waals surface area contributed by atoms with E-state index in [0.717, 1.165) is 42.3 Å². The van der Waals surface area contributed by atoms with Gasteiger partial charge in [-0.2, -0.15) is 5.10 Å². The number of piperidine rings is 1. The van der Waals surface area contributed by atoms with E-state index in [-0.39, 0.29) is 5.91 Å².